The van der Waals surface area contributed by atoms with Crippen LogP contribution in [0.1, 0.15) is 18.1 Å². The van der Waals surface area contributed by atoms with Gasteiger partial charge in [-0.2, -0.15) is 0 Å². The van der Waals surface area contributed by atoms with E-state index in [2.05, 4.69) is 4.99 Å². The van der Waals surface area contributed by atoms with Crippen molar-refractivity contribution in [2.75, 3.05) is 18.0 Å². The fraction of sp³-hybridized carbons (Fsp3) is 0.167. The average Bonchev–Trinajstić information content (AvgIpc) is 2.66. The first-order valence-electron chi connectivity index (χ1n) is 7.26. The zero-order valence-corrected chi connectivity index (χ0v) is 13.4. The Morgan fingerprint density at radius 2 is 1.96 bits per heavy atom. The number of fused-ring (bicyclic) bond motifs is 1. The molecule has 0 saturated heterocycles. The third-order valence-corrected chi connectivity index (χ3v) is 3.84. The highest BCUT2D eigenvalue weighted by Gasteiger charge is 2.26. The molecule has 0 radical (unpaired) electrons. The van der Waals surface area contributed by atoms with Crippen molar-refractivity contribution >= 4 is 34.7 Å². The summed E-state index contributed by atoms with van der Waals surface area (Å²) in [5.74, 6) is -0.280. The maximum atomic E-state index is 12.4. The fourth-order valence-electron chi connectivity index (χ4n) is 2.62. The normalized spacial score (nSPS) is 14.1. The molecule has 2 aromatic rings. The Kier molecular flexibility index (Phi) is 4.26. The van der Waals surface area contributed by atoms with Crippen LogP contribution in [0.25, 0.3) is 0 Å². The maximum absolute atomic E-state index is 12.4. The molecule has 4 nitrogen and oxygen atoms in total. The number of amides is 1. The van der Waals surface area contributed by atoms with E-state index in [-0.39, 0.29) is 24.8 Å². The number of nitrogens with zero attached hydrogens (tertiary/aromatic N) is 2. The summed E-state index contributed by atoms with van der Waals surface area (Å²) in [4.78, 5) is 29.9. The summed E-state index contributed by atoms with van der Waals surface area (Å²) in [6.07, 6.45) is 0. The van der Waals surface area contributed by atoms with Crippen LogP contribution in [0.3, 0.4) is 0 Å². The Hall–Kier alpha value is -2.46. The number of benzene rings is 2. The fourth-order valence-corrected chi connectivity index (χ4v) is 2.80. The van der Waals surface area contributed by atoms with Crippen molar-refractivity contribution in [3.63, 3.8) is 0 Å². The van der Waals surface area contributed by atoms with E-state index in [0.717, 1.165) is 11.1 Å². The minimum atomic E-state index is -0.199. The lowest BCUT2D eigenvalue weighted by molar-refractivity contribution is -0.121. The molecule has 1 aliphatic rings. The predicted octanol–water partition coefficient (Wildman–Crippen LogP) is 3.11. The lowest BCUT2D eigenvalue weighted by Crippen LogP contribution is -2.36. The van der Waals surface area contributed by atoms with Gasteiger partial charge in [-0.25, -0.2) is 0 Å². The van der Waals surface area contributed by atoms with E-state index in [1.165, 1.54) is 11.8 Å². The van der Waals surface area contributed by atoms with Crippen LogP contribution in [0.2, 0.25) is 5.02 Å². The van der Waals surface area contributed by atoms with Crippen molar-refractivity contribution < 1.29 is 9.59 Å². The smallest absolute Gasteiger partial charge is 0.249 e. The van der Waals surface area contributed by atoms with Gasteiger partial charge in [0.25, 0.3) is 0 Å². The molecule has 0 N–H and O–H groups in total. The summed E-state index contributed by atoms with van der Waals surface area (Å²) >= 11 is 6.15. The van der Waals surface area contributed by atoms with Crippen LogP contribution in [0.15, 0.2) is 53.5 Å². The number of carbonyl (C=O) groups is 2. The second-order valence-electron chi connectivity index (χ2n) is 5.37. The molecule has 0 unspecified atom stereocenters. The summed E-state index contributed by atoms with van der Waals surface area (Å²) in [7, 11) is 0. The topological polar surface area (TPSA) is 49.7 Å². The third-order valence-electron chi connectivity index (χ3n) is 3.61. The molecule has 0 aromatic heterocycles. The molecule has 1 heterocycles. The van der Waals surface area contributed by atoms with Gasteiger partial charge in [0.05, 0.1) is 17.9 Å². The van der Waals surface area contributed by atoms with Crippen molar-refractivity contribution in [3.8, 4) is 0 Å². The van der Waals surface area contributed by atoms with Gasteiger partial charge in [0.15, 0.2) is 0 Å². The molecule has 116 valence electrons. The molecule has 3 rings (SSSR count). The highest BCUT2D eigenvalue weighted by atomic mass is 35.5. The van der Waals surface area contributed by atoms with Crippen molar-refractivity contribution in [2.45, 2.75) is 6.92 Å². The van der Waals surface area contributed by atoms with Crippen LogP contribution in [0.5, 0.6) is 0 Å². The van der Waals surface area contributed by atoms with E-state index >= 15 is 0 Å². The van der Waals surface area contributed by atoms with Gasteiger partial charge in [-0.3, -0.25) is 14.6 Å². The van der Waals surface area contributed by atoms with Gasteiger partial charge in [0.2, 0.25) is 5.91 Å². The first kappa shape index (κ1) is 15.4. The Labute approximate surface area is 139 Å². The molecule has 0 aliphatic carbocycles. The van der Waals surface area contributed by atoms with Gasteiger partial charge in [0, 0.05) is 16.1 Å². The summed E-state index contributed by atoms with van der Waals surface area (Å²) in [5, 5.41) is 0.560. The number of halogens is 1. The molecular formula is C18H15ClN2O2. The molecule has 5 heteroatoms. The second-order valence-corrected chi connectivity index (χ2v) is 5.81. The highest BCUT2D eigenvalue weighted by molar-refractivity contribution is 6.32. The zero-order chi connectivity index (χ0) is 16.4. The monoisotopic (exact) mass is 326 g/mol. The number of carbonyl (C=O) groups excluding carboxylic acids is 2. The SMILES string of the molecule is CC(=O)CN1C(=O)CN=C(c2ccccc2)c2cc(Cl)ccc21. The Morgan fingerprint density at radius 3 is 2.65 bits per heavy atom. The molecule has 0 fully saturated rings. The lowest BCUT2D eigenvalue weighted by Gasteiger charge is -2.22. The Morgan fingerprint density at radius 1 is 1.22 bits per heavy atom. The number of Topliss-reactive ketones (excluding diaryl/α,β-unsaturated/α-hetero) is 1. The molecule has 0 atom stereocenters. The number of ketones is 1. The number of benzodiazepines with no additional fused rings is 1. The van der Waals surface area contributed by atoms with Crippen LogP contribution in [0.4, 0.5) is 5.69 Å². The Bertz CT molecular complexity index is 800. The van der Waals surface area contributed by atoms with Crippen molar-refractivity contribution in [3.05, 3.63) is 64.7 Å². The van der Waals surface area contributed by atoms with E-state index in [9.17, 15) is 9.59 Å². The number of rotatable bonds is 3. The van der Waals surface area contributed by atoms with Gasteiger partial charge in [-0.05, 0) is 25.1 Å². The summed E-state index contributed by atoms with van der Waals surface area (Å²) in [6.45, 7) is 1.50. The van der Waals surface area contributed by atoms with Crippen LogP contribution >= 0.6 is 11.6 Å². The first-order valence-corrected chi connectivity index (χ1v) is 7.63. The van der Waals surface area contributed by atoms with Crippen molar-refractivity contribution in [2.24, 2.45) is 4.99 Å². The molecule has 1 aliphatic heterocycles. The van der Waals surface area contributed by atoms with E-state index in [0.29, 0.717) is 16.4 Å². The van der Waals surface area contributed by atoms with E-state index in [1.54, 1.807) is 18.2 Å². The highest BCUT2D eigenvalue weighted by Crippen LogP contribution is 2.29. The predicted molar refractivity (Wildman–Crippen MR) is 91.4 cm³/mol. The molecule has 2 aromatic carbocycles. The van der Waals surface area contributed by atoms with E-state index in [1.807, 2.05) is 30.3 Å². The van der Waals surface area contributed by atoms with Crippen LogP contribution in [-0.2, 0) is 9.59 Å². The van der Waals surface area contributed by atoms with Crippen molar-refractivity contribution in [1.29, 1.82) is 0 Å². The number of hydrogen-bond donors (Lipinski definition) is 0. The second kappa shape index (κ2) is 6.34. The number of aliphatic imine (C=N–C) groups is 1. The van der Waals surface area contributed by atoms with Gasteiger partial charge in [-0.15, -0.1) is 0 Å². The molecule has 0 bridgehead atoms. The number of anilines is 1. The molecule has 0 saturated carbocycles. The zero-order valence-electron chi connectivity index (χ0n) is 12.6. The van der Waals surface area contributed by atoms with Crippen LogP contribution in [-0.4, -0.2) is 30.5 Å². The largest absolute Gasteiger partial charge is 0.303 e. The van der Waals surface area contributed by atoms with Gasteiger partial charge in [-0.1, -0.05) is 41.9 Å². The Balaban J connectivity index is 2.18. The van der Waals surface area contributed by atoms with E-state index in [4.69, 9.17) is 11.6 Å². The molecular weight excluding hydrogens is 312 g/mol. The molecule has 23 heavy (non-hydrogen) atoms. The van der Waals surface area contributed by atoms with Crippen molar-refractivity contribution in [1.82, 2.24) is 0 Å². The van der Waals surface area contributed by atoms with Gasteiger partial charge in [0.1, 0.15) is 12.3 Å². The lowest BCUT2D eigenvalue weighted by atomic mass is 10.00. The van der Waals surface area contributed by atoms with Gasteiger partial charge >= 0.3 is 0 Å². The standard InChI is InChI=1S/C18H15ClN2O2/c1-12(22)11-21-16-8-7-14(19)9-15(16)18(20-10-17(21)23)13-5-3-2-4-6-13/h2-9H,10-11H2,1H3. The minimum Gasteiger partial charge on any atom is -0.303 e. The van der Waals surface area contributed by atoms with E-state index < -0.39 is 0 Å². The third kappa shape index (κ3) is 3.17. The maximum Gasteiger partial charge on any atom is 0.249 e. The summed E-state index contributed by atoms with van der Waals surface area (Å²) in [5.41, 5.74) is 3.04. The molecule has 0 spiro atoms. The van der Waals surface area contributed by atoms with Crippen LogP contribution in [0, 0.1) is 0 Å². The van der Waals surface area contributed by atoms with Crippen LogP contribution < -0.4 is 4.90 Å². The summed E-state index contributed by atoms with van der Waals surface area (Å²) in [6, 6.07) is 14.9. The number of hydrogen-bond acceptors (Lipinski definition) is 3. The minimum absolute atomic E-state index is 0.00378. The average molecular weight is 327 g/mol. The van der Waals surface area contributed by atoms with Gasteiger partial charge < -0.3 is 4.90 Å². The summed E-state index contributed by atoms with van der Waals surface area (Å²) < 4.78 is 0. The first-order chi connectivity index (χ1) is 11.1. The quantitative estimate of drug-likeness (QED) is 0.870. The molecule has 1 amide bonds.